The van der Waals surface area contributed by atoms with E-state index in [2.05, 4.69) is 10.4 Å². The normalized spacial score (nSPS) is 14.8. The average molecular weight is 328 g/mol. The van der Waals surface area contributed by atoms with Crippen molar-refractivity contribution in [3.8, 4) is 5.69 Å². The van der Waals surface area contributed by atoms with Crippen molar-refractivity contribution >= 4 is 17.8 Å². The number of amides is 2. The van der Waals surface area contributed by atoms with Crippen LogP contribution >= 0.6 is 0 Å². The first-order valence-corrected chi connectivity index (χ1v) is 7.46. The lowest BCUT2D eigenvalue weighted by Crippen LogP contribution is -2.42. The molecule has 8 nitrogen and oxygen atoms in total. The fourth-order valence-electron chi connectivity index (χ4n) is 2.46. The Morgan fingerprint density at radius 2 is 1.92 bits per heavy atom. The lowest BCUT2D eigenvalue weighted by molar-refractivity contribution is -0.139. The number of aromatic nitrogens is 2. The van der Waals surface area contributed by atoms with Gasteiger partial charge in [-0.3, -0.25) is 9.59 Å². The van der Waals surface area contributed by atoms with Crippen molar-refractivity contribution in [2.45, 2.75) is 18.9 Å². The van der Waals surface area contributed by atoms with Gasteiger partial charge in [0.05, 0.1) is 5.69 Å². The SMILES string of the molecule is NC(=O)c1cc(C(=O)NC(C(=O)O)C2CC2)nn1-c1ccccc1. The third-order valence-electron chi connectivity index (χ3n) is 3.84. The smallest absolute Gasteiger partial charge is 0.326 e. The fraction of sp³-hybridized carbons (Fsp3) is 0.250. The molecule has 1 atom stereocenters. The Labute approximate surface area is 137 Å². The molecule has 1 heterocycles. The van der Waals surface area contributed by atoms with Crippen LogP contribution in [0, 0.1) is 5.92 Å². The number of rotatable bonds is 6. The van der Waals surface area contributed by atoms with Gasteiger partial charge in [0.1, 0.15) is 11.7 Å². The largest absolute Gasteiger partial charge is 0.480 e. The van der Waals surface area contributed by atoms with Crippen LogP contribution in [0.4, 0.5) is 0 Å². The van der Waals surface area contributed by atoms with Crippen molar-refractivity contribution in [1.82, 2.24) is 15.1 Å². The van der Waals surface area contributed by atoms with Gasteiger partial charge in [-0.05, 0) is 30.9 Å². The standard InChI is InChI=1S/C16H16N4O4/c17-14(21)12-8-11(19-20(12)10-4-2-1-3-5-10)15(22)18-13(16(23)24)9-6-7-9/h1-5,8-9,13H,6-7H2,(H2,17,21)(H,18,22)(H,23,24). The fourth-order valence-corrected chi connectivity index (χ4v) is 2.46. The molecule has 0 radical (unpaired) electrons. The van der Waals surface area contributed by atoms with Gasteiger partial charge in [-0.15, -0.1) is 0 Å². The van der Waals surface area contributed by atoms with E-state index in [1.54, 1.807) is 30.3 Å². The number of carbonyl (C=O) groups excluding carboxylic acids is 2. The monoisotopic (exact) mass is 328 g/mol. The molecule has 1 fully saturated rings. The Balaban J connectivity index is 1.90. The van der Waals surface area contributed by atoms with E-state index >= 15 is 0 Å². The predicted octanol–water partition coefficient (Wildman–Crippen LogP) is 0.564. The van der Waals surface area contributed by atoms with Crippen molar-refractivity contribution < 1.29 is 19.5 Å². The van der Waals surface area contributed by atoms with E-state index in [9.17, 15) is 19.5 Å². The van der Waals surface area contributed by atoms with Gasteiger partial charge in [-0.2, -0.15) is 5.10 Å². The summed E-state index contributed by atoms with van der Waals surface area (Å²) < 4.78 is 1.27. The zero-order chi connectivity index (χ0) is 17.3. The molecule has 124 valence electrons. The second-order valence-corrected chi connectivity index (χ2v) is 5.65. The molecule has 1 aliphatic carbocycles. The number of carbonyl (C=O) groups is 3. The van der Waals surface area contributed by atoms with Crippen molar-refractivity contribution in [2.75, 3.05) is 0 Å². The number of primary amides is 1. The Morgan fingerprint density at radius 3 is 2.46 bits per heavy atom. The van der Waals surface area contributed by atoms with Gasteiger partial charge < -0.3 is 16.2 Å². The van der Waals surface area contributed by atoms with Crippen molar-refractivity contribution in [3.63, 3.8) is 0 Å². The Kier molecular flexibility index (Phi) is 4.03. The summed E-state index contributed by atoms with van der Waals surface area (Å²) in [7, 11) is 0. The molecule has 4 N–H and O–H groups in total. The highest BCUT2D eigenvalue weighted by Gasteiger charge is 2.37. The van der Waals surface area contributed by atoms with Gasteiger partial charge in [-0.1, -0.05) is 18.2 Å². The minimum atomic E-state index is -1.08. The number of hydrogen-bond donors (Lipinski definition) is 3. The van der Waals surface area contributed by atoms with Crippen molar-refractivity contribution in [2.24, 2.45) is 11.7 Å². The number of aliphatic carboxylic acids is 1. The molecule has 0 bridgehead atoms. The van der Waals surface area contributed by atoms with E-state index in [0.717, 1.165) is 12.8 Å². The minimum Gasteiger partial charge on any atom is -0.480 e. The molecule has 0 aliphatic heterocycles. The first-order chi connectivity index (χ1) is 11.5. The Morgan fingerprint density at radius 1 is 1.25 bits per heavy atom. The van der Waals surface area contributed by atoms with Crippen LogP contribution in [0.3, 0.4) is 0 Å². The van der Waals surface area contributed by atoms with Crippen LogP contribution in [-0.4, -0.2) is 38.7 Å². The zero-order valence-electron chi connectivity index (χ0n) is 12.7. The van der Waals surface area contributed by atoms with Gasteiger partial charge in [0, 0.05) is 6.07 Å². The number of nitrogens with zero attached hydrogens (tertiary/aromatic N) is 2. The Bertz CT molecular complexity index is 796. The summed E-state index contributed by atoms with van der Waals surface area (Å²) in [4.78, 5) is 35.2. The van der Waals surface area contributed by atoms with Gasteiger partial charge in [0.25, 0.3) is 11.8 Å². The lowest BCUT2D eigenvalue weighted by atomic mass is 10.2. The maximum absolute atomic E-state index is 12.3. The van der Waals surface area contributed by atoms with E-state index in [1.807, 2.05) is 0 Å². The maximum atomic E-state index is 12.3. The van der Waals surface area contributed by atoms with Crippen LogP contribution in [-0.2, 0) is 4.79 Å². The number of hydrogen-bond acceptors (Lipinski definition) is 4. The van der Waals surface area contributed by atoms with Gasteiger partial charge in [0.2, 0.25) is 0 Å². The molecule has 24 heavy (non-hydrogen) atoms. The molecule has 2 amide bonds. The van der Waals surface area contributed by atoms with Crippen LogP contribution < -0.4 is 11.1 Å². The van der Waals surface area contributed by atoms with Gasteiger partial charge in [-0.25, -0.2) is 9.48 Å². The quantitative estimate of drug-likeness (QED) is 0.714. The third-order valence-corrected chi connectivity index (χ3v) is 3.84. The lowest BCUT2D eigenvalue weighted by Gasteiger charge is -2.12. The van der Waals surface area contributed by atoms with Crippen molar-refractivity contribution in [1.29, 1.82) is 0 Å². The van der Waals surface area contributed by atoms with Gasteiger partial charge in [0.15, 0.2) is 5.69 Å². The van der Waals surface area contributed by atoms with Crippen LogP contribution in [0.5, 0.6) is 0 Å². The minimum absolute atomic E-state index is 0.0460. The maximum Gasteiger partial charge on any atom is 0.326 e. The average Bonchev–Trinajstić information content (AvgIpc) is 3.29. The molecule has 1 aliphatic rings. The van der Waals surface area contributed by atoms with E-state index in [-0.39, 0.29) is 17.3 Å². The predicted molar refractivity (Wildman–Crippen MR) is 83.7 cm³/mol. The highest BCUT2D eigenvalue weighted by molar-refractivity contribution is 5.99. The van der Waals surface area contributed by atoms with Crippen LogP contribution in [0.15, 0.2) is 36.4 Å². The highest BCUT2D eigenvalue weighted by atomic mass is 16.4. The molecule has 1 unspecified atom stereocenters. The summed E-state index contributed by atoms with van der Waals surface area (Å²) in [6.07, 6.45) is 1.53. The summed E-state index contributed by atoms with van der Waals surface area (Å²) in [5.41, 5.74) is 5.91. The van der Waals surface area contributed by atoms with Crippen LogP contribution in [0.25, 0.3) is 5.69 Å². The van der Waals surface area contributed by atoms with Gasteiger partial charge >= 0.3 is 5.97 Å². The van der Waals surface area contributed by atoms with Crippen molar-refractivity contribution in [3.05, 3.63) is 47.8 Å². The number of para-hydroxylation sites is 1. The molecule has 0 spiro atoms. The third kappa shape index (κ3) is 3.12. The number of carboxylic acid groups (broad SMARTS) is 1. The Hall–Kier alpha value is -3.16. The van der Waals surface area contributed by atoms with Crippen LogP contribution in [0.1, 0.15) is 33.8 Å². The zero-order valence-corrected chi connectivity index (χ0v) is 12.7. The molecular formula is C16H16N4O4. The van der Waals surface area contributed by atoms with E-state index in [0.29, 0.717) is 5.69 Å². The number of carboxylic acids is 1. The van der Waals surface area contributed by atoms with E-state index < -0.39 is 23.8 Å². The second kappa shape index (κ2) is 6.15. The number of nitrogens with two attached hydrogens (primary N) is 1. The first-order valence-electron chi connectivity index (χ1n) is 7.46. The summed E-state index contributed by atoms with van der Waals surface area (Å²) in [5.74, 6) is -2.52. The van der Waals surface area contributed by atoms with Crippen LogP contribution in [0.2, 0.25) is 0 Å². The number of benzene rings is 1. The highest BCUT2D eigenvalue weighted by Crippen LogP contribution is 2.32. The molecule has 1 saturated carbocycles. The molecule has 1 aromatic heterocycles. The molecule has 0 saturated heterocycles. The summed E-state index contributed by atoms with van der Waals surface area (Å²) in [6, 6.07) is 9.06. The van der Waals surface area contributed by atoms with E-state index in [1.165, 1.54) is 10.7 Å². The summed E-state index contributed by atoms with van der Waals surface area (Å²) in [6.45, 7) is 0. The first kappa shape index (κ1) is 15.7. The summed E-state index contributed by atoms with van der Waals surface area (Å²) >= 11 is 0. The van der Waals surface area contributed by atoms with E-state index in [4.69, 9.17) is 5.73 Å². The number of nitrogens with one attached hydrogen (secondary N) is 1. The molecule has 1 aromatic carbocycles. The second-order valence-electron chi connectivity index (χ2n) is 5.65. The molecule has 3 rings (SSSR count). The molecule has 8 heteroatoms. The topological polar surface area (TPSA) is 127 Å². The molecular weight excluding hydrogens is 312 g/mol. The summed E-state index contributed by atoms with van der Waals surface area (Å²) in [5, 5.41) is 15.8. The molecule has 2 aromatic rings.